The monoisotopic (exact) mass is 729 g/mol. The quantitative estimate of drug-likeness (QED) is 0.177. The van der Waals surface area contributed by atoms with Crippen LogP contribution in [0.5, 0.6) is 0 Å². The molecule has 0 atom stereocenters. The molecular weight excluding hydrogens is 699 g/mol. The summed E-state index contributed by atoms with van der Waals surface area (Å²) in [5.74, 6) is 1.92. The Morgan fingerprint density at radius 3 is 1.32 bits per heavy atom. The Labute approximate surface area is 326 Å². The maximum atomic E-state index is 6.21. The van der Waals surface area contributed by atoms with Crippen LogP contribution < -0.4 is 0 Å². The van der Waals surface area contributed by atoms with E-state index in [1.165, 1.54) is 21.5 Å². The Morgan fingerprint density at radius 1 is 0.298 bits per heavy atom. The third-order valence-electron chi connectivity index (χ3n) is 11.2. The lowest BCUT2D eigenvalue weighted by atomic mass is 10.1. The second-order valence-corrected chi connectivity index (χ2v) is 14.5. The highest BCUT2D eigenvalue weighted by atomic mass is 16.3. The Morgan fingerprint density at radius 2 is 0.737 bits per heavy atom. The normalized spacial score (nSPS) is 11.9. The molecule has 0 radical (unpaired) electrons. The van der Waals surface area contributed by atoms with E-state index in [1.54, 1.807) is 0 Å². The summed E-state index contributed by atoms with van der Waals surface area (Å²) in [6, 6.07) is 65.7. The Balaban J connectivity index is 1.04. The summed E-state index contributed by atoms with van der Waals surface area (Å²) in [6.07, 6.45) is 0. The second-order valence-electron chi connectivity index (χ2n) is 14.5. The molecule has 12 rings (SSSR count). The summed E-state index contributed by atoms with van der Waals surface area (Å²) in [6.45, 7) is 0. The average molecular weight is 730 g/mol. The van der Waals surface area contributed by atoms with Gasteiger partial charge in [-0.3, -0.25) is 0 Å². The zero-order valence-corrected chi connectivity index (χ0v) is 30.5. The Hall–Kier alpha value is -7.83. The molecule has 4 aromatic heterocycles. The van der Waals surface area contributed by atoms with Crippen molar-refractivity contribution in [2.24, 2.45) is 0 Å². The van der Waals surface area contributed by atoms with Gasteiger partial charge in [-0.05, 0) is 72.8 Å². The SMILES string of the molecule is c1ccc(-c2nc(-c3ccccc3)nc(-c3ccc(-n4c5ccccc5c5cc6c(cc54)c4ccccc4n6-c4ccc5oc6ccccc6c5c4)cc3)n2)cc1. The molecule has 0 saturated carbocycles. The smallest absolute Gasteiger partial charge is 0.164 e. The number of benzene rings is 8. The number of para-hydroxylation sites is 3. The lowest BCUT2D eigenvalue weighted by Crippen LogP contribution is -2.00. The molecule has 8 aromatic carbocycles. The molecule has 0 aliphatic rings. The molecule has 266 valence electrons. The van der Waals surface area contributed by atoms with E-state index in [0.29, 0.717) is 17.5 Å². The zero-order valence-electron chi connectivity index (χ0n) is 30.5. The van der Waals surface area contributed by atoms with E-state index >= 15 is 0 Å². The maximum Gasteiger partial charge on any atom is 0.164 e. The van der Waals surface area contributed by atoms with Crippen LogP contribution >= 0.6 is 0 Å². The number of nitrogens with zero attached hydrogens (tertiary/aromatic N) is 5. The van der Waals surface area contributed by atoms with E-state index in [-0.39, 0.29) is 0 Å². The van der Waals surface area contributed by atoms with E-state index < -0.39 is 0 Å². The van der Waals surface area contributed by atoms with Crippen LogP contribution in [-0.2, 0) is 0 Å². The zero-order chi connectivity index (χ0) is 37.5. The highest BCUT2D eigenvalue weighted by Crippen LogP contribution is 2.41. The lowest BCUT2D eigenvalue weighted by molar-refractivity contribution is 0.669. The summed E-state index contributed by atoms with van der Waals surface area (Å²) >= 11 is 0. The van der Waals surface area contributed by atoms with Crippen molar-refractivity contribution in [2.45, 2.75) is 0 Å². The molecule has 0 N–H and O–H groups in total. The Kier molecular flexibility index (Phi) is 6.83. The van der Waals surface area contributed by atoms with Crippen molar-refractivity contribution >= 4 is 65.6 Å². The van der Waals surface area contributed by atoms with Crippen LogP contribution in [-0.4, -0.2) is 24.1 Å². The van der Waals surface area contributed by atoms with Crippen molar-refractivity contribution in [3.63, 3.8) is 0 Å². The van der Waals surface area contributed by atoms with Gasteiger partial charge in [0.15, 0.2) is 17.5 Å². The van der Waals surface area contributed by atoms with Crippen LogP contribution in [0.1, 0.15) is 0 Å². The van der Waals surface area contributed by atoms with Gasteiger partial charge < -0.3 is 13.6 Å². The van der Waals surface area contributed by atoms with Gasteiger partial charge in [-0.1, -0.05) is 115 Å². The molecule has 57 heavy (non-hydrogen) atoms. The molecule has 0 saturated heterocycles. The molecule has 6 nitrogen and oxygen atoms in total. The molecule has 6 heteroatoms. The molecule has 0 amide bonds. The summed E-state index contributed by atoms with van der Waals surface area (Å²) < 4.78 is 11.0. The van der Waals surface area contributed by atoms with Gasteiger partial charge in [0.2, 0.25) is 0 Å². The summed E-state index contributed by atoms with van der Waals surface area (Å²) in [7, 11) is 0. The van der Waals surface area contributed by atoms with E-state index in [1.807, 2.05) is 72.8 Å². The molecular formula is C51H31N5O. The molecule has 12 aromatic rings. The largest absolute Gasteiger partial charge is 0.456 e. The average Bonchev–Trinajstić information content (AvgIpc) is 3.93. The first kappa shape index (κ1) is 31.5. The van der Waals surface area contributed by atoms with Crippen LogP contribution in [0, 0.1) is 0 Å². The van der Waals surface area contributed by atoms with Crippen LogP contribution in [0.3, 0.4) is 0 Å². The third-order valence-corrected chi connectivity index (χ3v) is 11.2. The van der Waals surface area contributed by atoms with Crippen molar-refractivity contribution in [3.8, 4) is 45.5 Å². The maximum absolute atomic E-state index is 6.21. The van der Waals surface area contributed by atoms with E-state index in [9.17, 15) is 0 Å². The highest BCUT2D eigenvalue weighted by Gasteiger charge is 2.20. The summed E-state index contributed by atoms with van der Waals surface area (Å²) in [4.78, 5) is 14.8. The second kappa shape index (κ2) is 12.3. The minimum Gasteiger partial charge on any atom is -0.456 e. The molecule has 0 unspecified atom stereocenters. The summed E-state index contributed by atoms with van der Waals surface area (Å²) in [5, 5.41) is 7.03. The van der Waals surface area contributed by atoms with Crippen molar-refractivity contribution < 1.29 is 4.42 Å². The number of furan rings is 1. The van der Waals surface area contributed by atoms with Crippen molar-refractivity contribution in [1.82, 2.24) is 24.1 Å². The van der Waals surface area contributed by atoms with Gasteiger partial charge in [-0.2, -0.15) is 0 Å². The summed E-state index contributed by atoms with van der Waals surface area (Å²) in [5.41, 5.74) is 11.4. The van der Waals surface area contributed by atoms with Gasteiger partial charge in [-0.15, -0.1) is 0 Å². The Bertz CT molecular complexity index is 3450. The van der Waals surface area contributed by atoms with E-state index in [0.717, 1.165) is 72.1 Å². The molecule has 0 aliphatic carbocycles. The lowest BCUT2D eigenvalue weighted by Gasteiger charge is -2.11. The molecule has 0 fully saturated rings. The van der Waals surface area contributed by atoms with Crippen LogP contribution in [0.2, 0.25) is 0 Å². The van der Waals surface area contributed by atoms with Gasteiger partial charge in [-0.25, -0.2) is 15.0 Å². The molecule has 0 spiro atoms. The van der Waals surface area contributed by atoms with Gasteiger partial charge in [0.1, 0.15) is 11.2 Å². The predicted molar refractivity (Wildman–Crippen MR) is 232 cm³/mol. The van der Waals surface area contributed by atoms with E-state index in [4.69, 9.17) is 19.4 Å². The minimum absolute atomic E-state index is 0.632. The van der Waals surface area contributed by atoms with Crippen LogP contribution in [0.4, 0.5) is 0 Å². The number of hydrogen-bond donors (Lipinski definition) is 0. The van der Waals surface area contributed by atoms with Crippen molar-refractivity contribution in [1.29, 1.82) is 0 Å². The third kappa shape index (κ3) is 4.94. The number of rotatable bonds is 5. The number of aromatic nitrogens is 5. The van der Waals surface area contributed by atoms with Crippen LogP contribution in [0.15, 0.2) is 192 Å². The van der Waals surface area contributed by atoms with Crippen molar-refractivity contribution in [2.75, 3.05) is 0 Å². The van der Waals surface area contributed by atoms with Gasteiger partial charge in [0.25, 0.3) is 0 Å². The van der Waals surface area contributed by atoms with Gasteiger partial charge in [0, 0.05) is 60.4 Å². The first-order valence-corrected chi connectivity index (χ1v) is 19.1. The first-order valence-electron chi connectivity index (χ1n) is 19.1. The van der Waals surface area contributed by atoms with Gasteiger partial charge >= 0.3 is 0 Å². The topological polar surface area (TPSA) is 61.7 Å². The fourth-order valence-corrected chi connectivity index (χ4v) is 8.54. The highest BCUT2D eigenvalue weighted by molar-refractivity contribution is 6.19. The predicted octanol–water partition coefficient (Wildman–Crippen LogP) is 13.0. The van der Waals surface area contributed by atoms with E-state index in [2.05, 4.69) is 124 Å². The first-order chi connectivity index (χ1) is 28.2. The standard InChI is InChI=1S/C51H31N5O/c1-3-13-32(14-4-1)49-52-50(33-15-5-2-6-16-33)54-51(53-49)34-23-25-35(26-24-34)55-43-20-10-7-17-37(43)40-31-46-41(30-45(40)55)38-18-8-11-21-44(38)56(46)36-27-28-48-42(29-36)39-19-9-12-22-47(39)57-48/h1-31H. The van der Waals surface area contributed by atoms with Crippen LogP contribution in [0.25, 0.3) is 111 Å². The fourth-order valence-electron chi connectivity index (χ4n) is 8.54. The van der Waals surface area contributed by atoms with Crippen molar-refractivity contribution in [3.05, 3.63) is 188 Å². The molecule has 4 heterocycles. The number of hydrogen-bond acceptors (Lipinski definition) is 4. The molecule has 0 aliphatic heterocycles. The van der Waals surface area contributed by atoms with Gasteiger partial charge in [0.05, 0.1) is 22.1 Å². The fraction of sp³-hybridized carbons (Fsp3) is 0. The number of fused-ring (bicyclic) bond motifs is 9. The molecule has 0 bridgehead atoms. The minimum atomic E-state index is 0.632.